The van der Waals surface area contributed by atoms with Gasteiger partial charge in [0.1, 0.15) is 5.75 Å². The molecule has 1 aliphatic heterocycles. The normalized spacial score (nSPS) is 15.7. The Hall–Kier alpha value is -2.04. The lowest BCUT2D eigenvalue weighted by molar-refractivity contribution is 0.102. The van der Waals surface area contributed by atoms with E-state index in [9.17, 15) is 4.79 Å². The zero-order valence-corrected chi connectivity index (χ0v) is 16.1. The molecule has 1 heterocycles. The lowest BCUT2D eigenvalue weighted by Crippen LogP contribution is -2.32. The average Bonchev–Trinajstić information content (AvgIpc) is 2.64. The second kappa shape index (κ2) is 8.56. The fourth-order valence-corrected chi connectivity index (χ4v) is 3.44. The van der Waals surface area contributed by atoms with E-state index in [4.69, 9.17) is 16.3 Å². The van der Waals surface area contributed by atoms with Gasteiger partial charge in [-0.15, -0.1) is 0 Å². The minimum absolute atomic E-state index is 0.149. The van der Waals surface area contributed by atoms with Gasteiger partial charge in [0.05, 0.1) is 12.1 Å². The maximum Gasteiger partial charge on any atom is 0.255 e. The Balaban J connectivity index is 1.59. The van der Waals surface area contributed by atoms with Crippen LogP contribution in [0.3, 0.4) is 0 Å². The zero-order chi connectivity index (χ0) is 18.5. The van der Waals surface area contributed by atoms with Crippen LogP contribution in [0.4, 0.5) is 5.69 Å². The van der Waals surface area contributed by atoms with Gasteiger partial charge in [0, 0.05) is 17.8 Å². The summed E-state index contributed by atoms with van der Waals surface area (Å²) in [6.45, 7) is 5.58. The van der Waals surface area contributed by atoms with Crippen LogP contribution in [0.5, 0.6) is 5.75 Å². The number of halogens is 1. The second-order valence-corrected chi connectivity index (χ2v) is 7.37. The van der Waals surface area contributed by atoms with Crippen LogP contribution in [-0.4, -0.2) is 31.0 Å². The van der Waals surface area contributed by atoms with Crippen LogP contribution in [0.1, 0.15) is 35.7 Å². The van der Waals surface area contributed by atoms with Crippen molar-refractivity contribution < 1.29 is 9.53 Å². The molecule has 0 radical (unpaired) electrons. The molecule has 0 atom stereocenters. The molecule has 1 amide bonds. The number of carbonyl (C=O) groups excluding carboxylic acids is 1. The van der Waals surface area contributed by atoms with Gasteiger partial charge in [-0.3, -0.25) is 9.69 Å². The summed E-state index contributed by atoms with van der Waals surface area (Å²) in [5.74, 6) is 1.27. The molecule has 2 aromatic carbocycles. The summed E-state index contributed by atoms with van der Waals surface area (Å²) in [6.07, 6.45) is 2.54. The Morgan fingerprint density at radius 3 is 2.50 bits per heavy atom. The summed E-state index contributed by atoms with van der Waals surface area (Å²) in [5.41, 5.74) is 2.52. The fourth-order valence-electron chi connectivity index (χ4n) is 3.19. The molecular formula is C21H25ClN2O2. The Morgan fingerprint density at radius 2 is 1.88 bits per heavy atom. The van der Waals surface area contributed by atoms with Crippen molar-refractivity contribution in [1.29, 1.82) is 0 Å². The van der Waals surface area contributed by atoms with E-state index in [0.717, 1.165) is 25.6 Å². The third-order valence-corrected chi connectivity index (χ3v) is 5.20. The van der Waals surface area contributed by atoms with E-state index in [1.165, 1.54) is 18.4 Å². The van der Waals surface area contributed by atoms with E-state index in [0.29, 0.717) is 22.0 Å². The van der Waals surface area contributed by atoms with E-state index < -0.39 is 0 Å². The maximum atomic E-state index is 12.4. The van der Waals surface area contributed by atoms with Gasteiger partial charge in [-0.25, -0.2) is 0 Å². The van der Waals surface area contributed by atoms with Crippen molar-refractivity contribution in [1.82, 2.24) is 4.90 Å². The van der Waals surface area contributed by atoms with Gasteiger partial charge in [0.15, 0.2) is 0 Å². The van der Waals surface area contributed by atoms with Crippen LogP contribution < -0.4 is 10.1 Å². The lowest BCUT2D eigenvalue weighted by Gasteiger charge is -2.30. The highest BCUT2D eigenvalue weighted by Crippen LogP contribution is 2.27. The monoisotopic (exact) mass is 372 g/mol. The Kier molecular flexibility index (Phi) is 6.17. The lowest BCUT2D eigenvalue weighted by atomic mass is 9.99. The molecule has 0 saturated carbocycles. The van der Waals surface area contributed by atoms with Gasteiger partial charge in [0.2, 0.25) is 0 Å². The molecule has 0 aromatic heterocycles. The number of benzene rings is 2. The molecule has 1 aliphatic rings. The first-order valence-electron chi connectivity index (χ1n) is 9.01. The van der Waals surface area contributed by atoms with E-state index in [1.807, 2.05) is 24.3 Å². The maximum absolute atomic E-state index is 12.4. The number of methoxy groups -OCH3 is 1. The van der Waals surface area contributed by atoms with Crippen LogP contribution in [0, 0.1) is 5.92 Å². The first-order valence-corrected chi connectivity index (χ1v) is 9.39. The molecule has 5 heteroatoms. The molecule has 3 rings (SSSR count). The molecule has 0 unspecified atom stereocenters. The third-order valence-electron chi connectivity index (χ3n) is 4.91. The van der Waals surface area contributed by atoms with Crippen LogP contribution in [0.2, 0.25) is 5.02 Å². The molecule has 138 valence electrons. The quantitative estimate of drug-likeness (QED) is 0.817. The molecule has 1 saturated heterocycles. The molecular weight excluding hydrogens is 348 g/mol. The predicted octanol–water partition coefficient (Wildman–Crippen LogP) is 4.83. The number of likely N-dealkylation sites (tertiary alicyclic amines) is 1. The van der Waals surface area contributed by atoms with Crippen LogP contribution >= 0.6 is 11.6 Å². The van der Waals surface area contributed by atoms with E-state index in [1.54, 1.807) is 25.3 Å². The van der Waals surface area contributed by atoms with Crippen LogP contribution in [0.25, 0.3) is 0 Å². The van der Waals surface area contributed by atoms with Gasteiger partial charge in [0.25, 0.3) is 5.91 Å². The number of ether oxygens (including phenoxy) is 1. The number of anilines is 1. The number of carbonyl (C=O) groups is 1. The van der Waals surface area contributed by atoms with Crippen molar-refractivity contribution in [3.8, 4) is 5.75 Å². The molecule has 1 fully saturated rings. The van der Waals surface area contributed by atoms with Crippen molar-refractivity contribution >= 4 is 23.2 Å². The second-order valence-electron chi connectivity index (χ2n) is 6.96. The van der Waals surface area contributed by atoms with E-state index in [-0.39, 0.29) is 5.91 Å². The topological polar surface area (TPSA) is 41.6 Å². The third kappa shape index (κ3) is 4.77. The molecule has 0 aliphatic carbocycles. The van der Waals surface area contributed by atoms with Crippen molar-refractivity contribution in [2.75, 3.05) is 25.5 Å². The summed E-state index contributed by atoms with van der Waals surface area (Å²) < 4.78 is 5.12. The highest BCUT2D eigenvalue weighted by molar-refractivity contribution is 6.32. The van der Waals surface area contributed by atoms with Gasteiger partial charge in [-0.1, -0.05) is 30.7 Å². The molecule has 0 bridgehead atoms. The summed E-state index contributed by atoms with van der Waals surface area (Å²) in [5, 5.41) is 3.34. The number of rotatable bonds is 5. The molecule has 26 heavy (non-hydrogen) atoms. The first-order chi connectivity index (χ1) is 12.5. The van der Waals surface area contributed by atoms with Gasteiger partial charge in [-0.2, -0.15) is 0 Å². The van der Waals surface area contributed by atoms with Crippen LogP contribution in [-0.2, 0) is 6.54 Å². The first kappa shape index (κ1) is 18.7. The number of amides is 1. The van der Waals surface area contributed by atoms with Gasteiger partial charge in [-0.05, 0) is 67.7 Å². The average molecular weight is 373 g/mol. The number of nitrogens with zero attached hydrogens (tertiary/aromatic N) is 1. The minimum Gasteiger partial charge on any atom is -0.495 e. The standard InChI is InChI=1S/C21H25ClN2O2/c1-15-9-11-24(12-10-15)14-16-3-5-17(6-4-16)21(25)23-18-7-8-20(26-2)19(22)13-18/h3-8,13,15H,9-12,14H2,1-2H3,(H,23,25). The summed E-state index contributed by atoms with van der Waals surface area (Å²) in [7, 11) is 1.56. The minimum atomic E-state index is -0.149. The predicted molar refractivity (Wildman–Crippen MR) is 106 cm³/mol. The Bertz CT molecular complexity index is 753. The number of hydrogen-bond acceptors (Lipinski definition) is 3. The molecule has 4 nitrogen and oxygen atoms in total. The SMILES string of the molecule is COc1ccc(NC(=O)c2ccc(CN3CCC(C)CC3)cc2)cc1Cl. The van der Waals surface area contributed by atoms with E-state index in [2.05, 4.69) is 17.1 Å². The largest absolute Gasteiger partial charge is 0.495 e. The zero-order valence-electron chi connectivity index (χ0n) is 15.3. The highest BCUT2D eigenvalue weighted by Gasteiger charge is 2.16. The summed E-state index contributed by atoms with van der Waals surface area (Å²) >= 11 is 6.10. The van der Waals surface area contributed by atoms with Crippen molar-refractivity contribution in [3.05, 3.63) is 58.6 Å². The van der Waals surface area contributed by atoms with Gasteiger partial charge < -0.3 is 10.1 Å². The number of nitrogens with one attached hydrogen (secondary N) is 1. The van der Waals surface area contributed by atoms with Crippen molar-refractivity contribution in [3.63, 3.8) is 0 Å². The molecule has 1 N–H and O–H groups in total. The van der Waals surface area contributed by atoms with E-state index >= 15 is 0 Å². The summed E-state index contributed by atoms with van der Waals surface area (Å²) in [6, 6.07) is 13.0. The summed E-state index contributed by atoms with van der Waals surface area (Å²) in [4.78, 5) is 14.9. The Labute approximate surface area is 160 Å². The molecule has 0 spiro atoms. The highest BCUT2D eigenvalue weighted by atomic mass is 35.5. The molecule has 2 aromatic rings. The fraction of sp³-hybridized carbons (Fsp3) is 0.381. The van der Waals surface area contributed by atoms with Crippen molar-refractivity contribution in [2.45, 2.75) is 26.3 Å². The number of hydrogen-bond donors (Lipinski definition) is 1. The van der Waals surface area contributed by atoms with Crippen molar-refractivity contribution in [2.24, 2.45) is 5.92 Å². The smallest absolute Gasteiger partial charge is 0.255 e. The van der Waals surface area contributed by atoms with Crippen LogP contribution in [0.15, 0.2) is 42.5 Å². The number of piperidine rings is 1. The Morgan fingerprint density at radius 1 is 1.19 bits per heavy atom. The van der Waals surface area contributed by atoms with Gasteiger partial charge >= 0.3 is 0 Å².